The highest BCUT2D eigenvalue weighted by Gasteiger charge is 2.33. The van der Waals surface area contributed by atoms with Crippen molar-refractivity contribution in [1.29, 1.82) is 5.26 Å². The summed E-state index contributed by atoms with van der Waals surface area (Å²) in [6.45, 7) is 0. The van der Waals surface area contributed by atoms with Gasteiger partial charge in [0.25, 0.3) is 5.56 Å². The van der Waals surface area contributed by atoms with Gasteiger partial charge in [-0.3, -0.25) is 4.79 Å². The Kier molecular flexibility index (Phi) is 8.21. The number of aromatic nitrogens is 2. The fourth-order valence-electron chi connectivity index (χ4n) is 3.43. The van der Waals surface area contributed by atoms with Gasteiger partial charge in [0.2, 0.25) is 0 Å². The average Bonchev–Trinajstić information content (AvgIpc) is 2.87. The number of nitrogens with one attached hydrogen (secondary N) is 1. The largest absolute Gasteiger partial charge is 0.457 e. The first-order valence-electron chi connectivity index (χ1n) is 11.0. The van der Waals surface area contributed by atoms with Gasteiger partial charge >= 0.3 is 6.18 Å². The Morgan fingerprint density at radius 3 is 2.32 bits per heavy atom. The number of ether oxygens (including phenoxy) is 1. The SMILES string of the molecule is N#Cc1ccc(Cc2cnc(SCCc3ccc(Oc4ccc(Cl)c(C(F)(F)F)c4)cc3)[nH]c2=O)cc1. The molecule has 0 aliphatic rings. The zero-order valence-electron chi connectivity index (χ0n) is 19.2. The highest BCUT2D eigenvalue weighted by molar-refractivity contribution is 7.99. The van der Waals surface area contributed by atoms with Crippen LogP contribution in [0.5, 0.6) is 11.5 Å². The van der Waals surface area contributed by atoms with Gasteiger partial charge < -0.3 is 9.72 Å². The molecule has 37 heavy (non-hydrogen) atoms. The minimum atomic E-state index is -4.57. The molecule has 0 spiro atoms. The number of alkyl halides is 3. The van der Waals surface area contributed by atoms with Crippen molar-refractivity contribution in [3.8, 4) is 17.6 Å². The molecule has 5 nitrogen and oxygen atoms in total. The van der Waals surface area contributed by atoms with Crippen LogP contribution in [-0.2, 0) is 19.0 Å². The Morgan fingerprint density at radius 1 is 1.00 bits per heavy atom. The van der Waals surface area contributed by atoms with Crippen molar-refractivity contribution < 1.29 is 17.9 Å². The second-order valence-corrected chi connectivity index (χ2v) is 9.50. The van der Waals surface area contributed by atoms with E-state index in [2.05, 4.69) is 16.0 Å². The summed E-state index contributed by atoms with van der Waals surface area (Å²) in [5.41, 5.74) is 1.84. The van der Waals surface area contributed by atoms with E-state index in [-0.39, 0.29) is 16.3 Å². The van der Waals surface area contributed by atoms with Crippen molar-refractivity contribution in [2.24, 2.45) is 0 Å². The van der Waals surface area contributed by atoms with Gasteiger partial charge in [-0.2, -0.15) is 18.4 Å². The summed E-state index contributed by atoms with van der Waals surface area (Å²) in [5, 5.41) is 9.01. The molecule has 0 atom stereocenters. The summed E-state index contributed by atoms with van der Waals surface area (Å²) in [7, 11) is 0. The Morgan fingerprint density at radius 2 is 1.68 bits per heavy atom. The summed E-state index contributed by atoms with van der Waals surface area (Å²) < 4.78 is 44.7. The van der Waals surface area contributed by atoms with Crippen molar-refractivity contribution in [1.82, 2.24) is 9.97 Å². The van der Waals surface area contributed by atoms with Gasteiger partial charge in [-0.05, 0) is 60.0 Å². The summed E-state index contributed by atoms with van der Waals surface area (Å²) in [4.78, 5) is 19.6. The van der Waals surface area contributed by atoms with Gasteiger partial charge in [0.1, 0.15) is 11.5 Å². The molecule has 10 heteroatoms. The zero-order chi connectivity index (χ0) is 26.4. The van der Waals surface area contributed by atoms with Gasteiger partial charge in [-0.1, -0.05) is 47.6 Å². The maximum Gasteiger partial charge on any atom is 0.417 e. The third-order valence-corrected chi connectivity index (χ3v) is 6.58. The molecule has 1 N–H and O–H groups in total. The van der Waals surface area contributed by atoms with Crippen LogP contribution in [0.3, 0.4) is 0 Å². The average molecular weight is 542 g/mol. The molecule has 0 saturated heterocycles. The first kappa shape index (κ1) is 26.3. The lowest BCUT2D eigenvalue weighted by Gasteiger charge is -2.12. The van der Waals surface area contributed by atoms with E-state index in [1.807, 2.05) is 24.3 Å². The van der Waals surface area contributed by atoms with Crippen molar-refractivity contribution >= 4 is 23.4 Å². The van der Waals surface area contributed by atoms with Crippen molar-refractivity contribution in [3.05, 3.63) is 116 Å². The number of aryl methyl sites for hydroxylation is 1. The molecular weight excluding hydrogens is 523 g/mol. The monoisotopic (exact) mass is 541 g/mol. The van der Waals surface area contributed by atoms with E-state index in [0.29, 0.717) is 40.6 Å². The fourth-order valence-corrected chi connectivity index (χ4v) is 4.48. The smallest absolute Gasteiger partial charge is 0.417 e. The van der Waals surface area contributed by atoms with Crippen LogP contribution in [-0.4, -0.2) is 15.7 Å². The molecule has 3 aromatic carbocycles. The molecule has 4 aromatic rings. The molecule has 0 unspecified atom stereocenters. The summed E-state index contributed by atoms with van der Waals surface area (Å²) in [5.74, 6) is 1.10. The molecule has 0 amide bonds. The van der Waals surface area contributed by atoms with Crippen LogP contribution >= 0.6 is 23.4 Å². The van der Waals surface area contributed by atoms with Gasteiger partial charge in [0.15, 0.2) is 5.16 Å². The Hall–Kier alpha value is -3.74. The number of H-pyrrole nitrogens is 1. The fraction of sp³-hybridized carbons (Fsp3) is 0.148. The first-order chi connectivity index (χ1) is 17.7. The van der Waals surface area contributed by atoms with E-state index >= 15 is 0 Å². The topological polar surface area (TPSA) is 78.8 Å². The Bertz CT molecular complexity index is 1480. The van der Waals surface area contributed by atoms with E-state index in [9.17, 15) is 18.0 Å². The van der Waals surface area contributed by atoms with Crippen LogP contribution < -0.4 is 10.3 Å². The number of hydrogen-bond donors (Lipinski definition) is 1. The molecule has 0 aliphatic heterocycles. The van der Waals surface area contributed by atoms with E-state index in [1.54, 1.807) is 30.5 Å². The van der Waals surface area contributed by atoms with Crippen LogP contribution in [0.15, 0.2) is 82.9 Å². The number of nitrogens with zero attached hydrogens (tertiary/aromatic N) is 2. The van der Waals surface area contributed by atoms with E-state index in [4.69, 9.17) is 21.6 Å². The molecule has 1 heterocycles. The number of hydrogen-bond acceptors (Lipinski definition) is 5. The van der Waals surface area contributed by atoms with Crippen LogP contribution in [0.4, 0.5) is 13.2 Å². The standard InChI is InChI=1S/C27H19ClF3N3O2S/c28-24-10-9-22(14-23(24)27(29,30)31)36-21-7-5-17(6-8-21)11-12-37-26-33-16-20(25(35)34-26)13-18-1-3-19(15-32)4-2-18/h1-10,14,16H,11-13H2,(H,33,34,35). The molecule has 0 saturated carbocycles. The number of aromatic amines is 1. The minimum absolute atomic E-state index is 0.0395. The van der Waals surface area contributed by atoms with Crippen LogP contribution in [0, 0.1) is 11.3 Å². The van der Waals surface area contributed by atoms with Gasteiger partial charge in [0.05, 0.1) is 22.2 Å². The molecule has 1 aromatic heterocycles. The summed E-state index contributed by atoms with van der Waals surface area (Å²) in [6.07, 6.45) is -1.91. The van der Waals surface area contributed by atoms with Gasteiger partial charge in [0, 0.05) is 23.9 Å². The highest BCUT2D eigenvalue weighted by Crippen LogP contribution is 2.37. The van der Waals surface area contributed by atoms with Crippen LogP contribution in [0.1, 0.15) is 27.8 Å². The molecule has 4 rings (SSSR count). The lowest BCUT2D eigenvalue weighted by molar-refractivity contribution is -0.137. The number of halogens is 4. The van der Waals surface area contributed by atoms with E-state index < -0.39 is 11.7 Å². The first-order valence-corrected chi connectivity index (χ1v) is 12.4. The third kappa shape index (κ3) is 7.15. The predicted octanol–water partition coefficient (Wildman–Crippen LogP) is 7.03. The molecular formula is C27H19ClF3N3O2S. The van der Waals surface area contributed by atoms with Crippen molar-refractivity contribution in [3.63, 3.8) is 0 Å². The van der Waals surface area contributed by atoms with Crippen molar-refractivity contribution in [2.45, 2.75) is 24.2 Å². The summed E-state index contributed by atoms with van der Waals surface area (Å²) in [6, 6.07) is 19.5. The Labute approximate surface area is 219 Å². The van der Waals surface area contributed by atoms with E-state index in [1.165, 1.54) is 17.8 Å². The predicted molar refractivity (Wildman–Crippen MR) is 136 cm³/mol. The number of rotatable bonds is 8. The molecule has 0 bridgehead atoms. The van der Waals surface area contributed by atoms with Crippen molar-refractivity contribution in [2.75, 3.05) is 5.75 Å². The molecule has 188 valence electrons. The maximum atomic E-state index is 13.0. The molecule has 0 radical (unpaired) electrons. The van der Waals surface area contributed by atoms with Crippen LogP contribution in [0.25, 0.3) is 0 Å². The molecule has 0 aliphatic carbocycles. The maximum absolute atomic E-state index is 13.0. The minimum Gasteiger partial charge on any atom is -0.457 e. The highest BCUT2D eigenvalue weighted by atomic mass is 35.5. The number of nitriles is 1. The zero-order valence-corrected chi connectivity index (χ0v) is 20.8. The normalized spacial score (nSPS) is 11.2. The van der Waals surface area contributed by atoms with Gasteiger partial charge in [-0.25, -0.2) is 4.98 Å². The third-order valence-electron chi connectivity index (χ3n) is 5.36. The number of thioether (sulfide) groups is 1. The molecule has 0 fully saturated rings. The lowest BCUT2D eigenvalue weighted by Crippen LogP contribution is -2.14. The quantitative estimate of drug-likeness (QED) is 0.191. The second-order valence-electron chi connectivity index (χ2n) is 8.01. The van der Waals surface area contributed by atoms with Gasteiger partial charge in [-0.15, -0.1) is 0 Å². The Balaban J connectivity index is 1.30. The summed E-state index contributed by atoms with van der Waals surface area (Å²) >= 11 is 7.05. The lowest BCUT2D eigenvalue weighted by atomic mass is 10.1. The van der Waals surface area contributed by atoms with E-state index in [0.717, 1.165) is 23.3 Å². The number of benzene rings is 3. The van der Waals surface area contributed by atoms with Crippen LogP contribution in [0.2, 0.25) is 5.02 Å². The second kappa shape index (κ2) is 11.5.